The van der Waals surface area contributed by atoms with Gasteiger partial charge in [0.05, 0.1) is 6.61 Å². The van der Waals surface area contributed by atoms with Gasteiger partial charge in [0.1, 0.15) is 5.75 Å². The van der Waals surface area contributed by atoms with E-state index in [9.17, 15) is 5.11 Å². The number of rotatable bonds is 7. The van der Waals surface area contributed by atoms with Crippen LogP contribution in [0.4, 0.5) is 5.69 Å². The zero-order chi connectivity index (χ0) is 13.5. The van der Waals surface area contributed by atoms with Crippen LogP contribution in [0.3, 0.4) is 0 Å². The number of benzene rings is 1. The second kappa shape index (κ2) is 7.27. The summed E-state index contributed by atoms with van der Waals surface area (Å²) in [5.41, 5.74) is 2.32. The molecule has 102 valence electrons. The number of nitrogens with zero attached hydrogens (tertiary/aromatic N) is 1. The molecule has 1 rings (SSSR count). The topological polar surface area (TPSA) is 32.7 Å². The molecule has 0 saturated heterocycles. The molecule has 0 saturated carbocycles. The summed E-state index contributed by atoms with van der Waals surface area (Å²) in [7, 11) is 2.06. The first-order valence-electron chi connectivity index (χ1n) is 6.67. The Hall–Kier alpha value is -1.22. The van der Waals surface area contributed by atoms with E-state index < -0.39 is 0 Å². The molecule has 0 spiro atoms. The van der Waals surface area contributed by atoms with Crippen molar-refractivity contribution in [3.05, 3.63) is 23.8 Å². The highest BCUT2D eigenvalue weighted by Crippen LogP contribution is 2.24. The minimum Gasteiger partial charge on any atom is -0.494 e. The van der Waals surface area contributed by atoms with E-state index in [4.69, 9.17) is 4.74 Å². The number of hydrogen-bond acceptors (Lipinski definition) is 3. The predicted octanol–water partition coefficient (Wildman–Crippen LogP) is 2.85. The monoisotopic (exact) mass is 251 g/mol. The van der Waals surface area contributed by atoms with Crippen LogP contribution in [0.5, 0.6) is 5.75 Å². The van der Waals surface area contributed by atoms with E-state index in [1.54, 1.807) is 0 Å². The molecule has 0 radical (unpaired) electrons. The van der Waals surface area contributed by atoms with Crippen LogP contribution in [0, 0.1) is 12.8 Å². The average Bonchev–Trinajstić information content (AvgIpc) is 2.38. The fourth-order valence-electron chi connectivity index (χ4n) is 2.00. The third kappa shape index (κ3) is 3.91. The molecular weight excluding hydrogens is 226 g/mol. The van der Waals surface area contributed by atoms with Crippen molar-refractivity contribution in [1.82, 2.24) is 0 Å². The third-order valence-electron chi connectivity index (χ3n) is 3.27. The fourth-order valence-corrected chi connectivity index (χ4v) is 2.00. The van der Waals surface area contributed by atoms with Gasteiger partial charge in [0.15, 0.2) is 0 Å². The summed E-state index contributed by atoms with van der Waals surface area (Å²) in [6.45, 7) is 7.98. The number of aryl methyl sites for hydroxylation is 1. The van der Waals surface area contributed by atoms with Crippen molar-refractivity contribution in [2.75, 3.05) is 31.7 Å². The molecule has 1 aromatic rings. The van der Waals surface area contributed by atoms with Gasteiger partial charge in [-0.3, -0.25) is 0 Å². The summed E-state index contributed by atoms with van der Waals surface area (Å²) in [5.74, 6) is 1.28. The summed E-state index contributed by atoms with van der Waals surface area (Å²) in [5, 5.41) is 9.24. The molecule has 0 fully saturated rings. The molecule has 3 nitrogen and oxygen atoms in total. The molecule has 0 amide bonds. The number of aliphatic hydroxyl groups excluding tert-OH is 1. The quantitative estimate of drug-likeness (QED) is 0.809. The molecule has 0 aliphatic heterocycles. The lowest BCUT2D eigenvalue weighted by atomic mass is 10.1. The van der Waals surface area contributed by atoms with Gasteiger partial charge in [0.25, 0.3) is 0 Å². The van der Waals surface area contributed by atoms with Gasteiger partial charge in [0.2, 0.25) is 0 Å². The maximum Gasteiger partial charge on any atom is 0.122 e. The molecule has 1 unspecified atom stereocenters. The molecule has 1 N–H and O–H groups in total. The van der Waals surface area contributed by atoms with E-state index >= 15 is 0 Å². The lowest BCUT2D eigenvalue weighted by Crippen LogP contribution is -2.27. The summed E-state index contributed by atoms with van der Waals surface area (Å²) in [6.07, 6.45) is 0.997. The third-order valence-corrected chi connectivity index (χ3v) is 3.27. The van der Waals surface area contributed by atoms with E-state index in [-0.39, 0.29) is 6.61 Å². The van der Waals surface area contributed by atoms with Crippen molar-refractivity contribution >= 4 is 5.69 Å². The minimum atomic E-state index is 0.247. The summed E-state index contributed by atoms with van der Waals surface area (Å²) in [4.78, 5) is 2.19. The first-order valence-corrected chi connectivity index (χ1v) is 6.67. The lowest BCUT2D eigenvalue weighted by Gasteiger charge is -2.24. The van der Waals surface area contributed by atoms with Gasteiger partial charge in [-0.1, -0.05) is 6.92 Å². The van der Waals surface area contributed by atoms with Crippen molar-refractivity contribution in [3.63, 3.8) is 0 Å². The molecular formula is C15H25NO2. The maximum atomic E-state index is 9.24. The van der Waals surface area contributed by atoms with Crippen LogP contribution in [-0.2, 0) is 0 Å². The lowest BCUT2D eigenvalue weighted by molar-refractivity contribution is 0.225. The molecule has 3 heteroatoms. The Morgan fingerprint density at radius 3 is 2.56 bits per heavy atom. The molecule has 0 aliphatic carbocycles. The number of aliphatic hydroxyl groups is 1. The molecule has 0 aromatic heterocycles. The Kier molecular flexibility index (Phi) is 5.99. The molecule has 1 atom stereocenters. The molecule has 1 aromatic carbocycles. The molecule has 18 heavy (non-hydrogen) atoms. The van der Waals surface area contributed by atoms with Crippen LogP contribution in [0.1, 0.15) is 25.8 Å². The van der Waals surface area contributed by atoms with Gasteiger partial charge in [-0.2, -0.15) is 0 Å². The second-order valence-electron chi connectivity index (χ2n) is 4.72. The van der Waals surface area contributed by atoms with Crippen molar-refractivity contribution < 1.29 is 9.84 Å². The normalized spacial score (nSPS) is 12.3. The average molecular weight is 251 g/mol. The summed E-state index contributed by atoms with van der Waals surface area (Å²) < 4.78 is 5.54. The molecule has 0 aliphatic rings. The number of anilines is 1. The van der Waals surface area contributed by atoms with Crippen LogP contribution in [-0.4, -0.2) is 31.9 Å². The van der Waals surface area contributed by atoms with E-state index in [1.165, 1.54) is 5.69 Å². The van der Waals surface area contributed by atoms with Crippen LogP contribution in [0.15, 0.2) is 18.2 Å². The molecule has 0 heterocycles. The van der Waals surface area contributed by atoms with Crippen molar-refractivity contribution in [1.29, 1.82) is 0 Å². The first kappa shape index (κ1) is 14.8. The highest BCUT2D eigenvalue weighted by atomic mass is 16.5. The smallest absolute Gasteiger partial charge is 0.122 e. The van der Waals surface area contributed by atoms with Gasteiger partial charge in [-0.05, 0) is 49.9 Å². The zero-order valence-electron chi connectivity index (χ0n) is 11.9. The Morgan fingerprint density at radius 1 is 1.33 bits per heavy atom. The van der Waals surface area contributed by atoms with E-state index in [2.05, 4.69) is 37.9 Å². The van der Waals surface area contributed by atoms with Crippen molar-refractivity contribution in [2.45, 2.75) is 27.2 Å². The van der Waals surface area contributed by atoms with Gasteiger partial charge < -0.3 is 14.7 Å². The fraction of sp³-hybridized carbons (Fsp3) is 0.600. The van der Waals surface area contributed by atoms with Gasteiger partial charge >= 0.3 is 0 Å². The second-order valence-corrected chi connectivity index (χ2v) is 4.72. The van der Waals surface area contributed by atoms with Gasteiger partial charge in [-0.25, -0.2) is 0 Å². The van der Waals surface area contributed by atoms with Crippen molar-refractivity contribution in [2.24, 2.45) is 5.92 Å². The first-order chi connectivity index (χ1) is 8.62. The minimum absolute atomic E-state index is 0.247. The summed E-state index contributed by atoms with van der Waals surface area (Å²) >= 11 is 0. The van der Waals surface area contributed by atoms with Crippen LogP contribution in [0.2, 0.25) is 0 Å². The van der Waals surface area contributed by atoms with E-state index in [1.807, 2.05) is 13.0 Å². The van der Waals surface area contributed by atoms with Gasteiger partial charge in [-0.15, -0.1) is 0 Å². The zero-order valence-corrected chi connectivity index (χ0v) is 11.9. The van der Waals surface area contributed by atoms with E-state index in [0.29, 0.717) is 12.5 Å². The SMILES string of the molecule is CCOc1ccc(N(C)CC(CC)CO)cc1C. The summed E-state index contributed by atoms with van der Waals surface area (Å²) in [6, 6.07) is 6.22. The maximum absolute atomic E-state index is 9.24. The largest absolute Gasteiger partial charge is 0.494 e. The highest BCUT2D eigenvalue weighted by molar-refractivity contribution is 5.52. The Morgan fingerprint density at radius 2 is 2.06 bits per heavy atom. The number of hydrogen-bond donors (Lipinski definition) is 1. The predicted molar refractivity (Wildman–Crippen MR) is 76.5 cm³/mol. The van der Waals surface area contributed by atoms with Crippen molar-refractivity contribution in [3.8, 4) is 5.75 Å². The molecule has 0 bridgehead atoms. The highest BCUT2D eigenvalue weighted by Gasteiger charge is 2.10. The van der Waals surface area contributed by atoms with E-state index in [0.717, 1.165) is 24.3 Å². The van der Waals surface area contributed by atoms with Crippen LogP contribution < -0.4 is 9.64 Å². The Balaban J connectivity index is 2.74. The van der Waals surface area contributed by atoms with Crippen LogP contribution >= 0.6 is 0 Å². The van der Waals surface area contributed by atoms with Crippen LogP contribution in [0.25, 0.3) is 0 Å². The Bertz CT molecular complexity index is 362. The van der Waals surface area contributed by atoms with Gasteiger partial charge in [0, 0.05) is 25.9 Å². The Labute approximate surface area is 110 Å². The number of ether oxygens (including phenoxy) is 1. The standard InChI is InChI=1S/C15H25NO2/c1-5-13(11-17)10-16(4)14-7-8-15(18-6-2)12(3)9-14/h7-9,13,17H,5-6,10-11H2,1-4H3.